The molecule has 0 spiro atoms. The fourth-order valence-electron chi connectivity index (χ4n) is 2.25. The average Bonchev–Trinajstić information content (AvgIpc) is 2.41. The van der Waals surface area contributed by atoms with Crippen LogP contribution in [-0.4, -0.2) is 30.1 Å². The summed E-state index contributed by atoms with van der Waals surface area (Å²) in [5.41, 5.74) is 1.45. The van der Waals surface area contributed by atoms with Gasteiger partial charge in [0.15, 0.2) is 0 Å². The van der Waals surface area contributed by atoms with Crippen LogP contribution >= 0.6 is 0 Å². The summed E-state index contributed by atoms with van der Waals surface area (Å²) in [7, 11) is 0. The monoisotopic (exact) mass is 262 g/mol. The third-order valence-corrected chi connectivity index (χ3v) is 3.40. The van der Waals surface area contributed by atoms with Crippen LogP contribution in [-0.2, 0) is 4.79 Å². The Kier molecular flexibility index (Phi) is 4.16. The number of carbonyl (C=O) groups excluding carboxylic acids is 1. The van der Waals surface area contributed by atoms with Gasteiger partial charge in [-0.1, -0.05) is 6.07 Å². The Bertz CT molecular complexity index is 493. The second-order valence-corrected chi connectivity index (χ2v) is 4.87. The molecule has 102 valence electrons. The summed E-state index contributed by atoms with van der Waals surface area (Å²) >= 11 is 0. The maximum Gasteiger partial charge on any atom is 0.336 e. The Morgan fingerprint density at radius 3 is 2.84 bits per heavy atom. The molecule has 3 N–H and O–H groups in total. The highest BCUT2D eigenvalue weighted by Crippen LogP contribution is 2.18. The Morgan fingerprint density at radius 1 is 1.42 bits per heavy atom. The van der Waals surface area contributed by atoms with Crippen LogP contribution in [0.2, 0.25) is 0 Å². The number of carboxylic acids is 1. The smallest absolute Gasteiger partial charge is 0.336 e. The first-order valence-electron chi connectivity index (χ1n) is 6.43. The van der Waals surface area contributed by atoms with Gasteiger partial charge in [-0.05, 0) is 44.0 Å². The summed E-state index contributed by atoms with van der Waals surface area (Å²) in [5.74, 6) is -1.07. The third-order valence-electron chi connectivity index (χ3n) is 3.40. The van der Waals surface area contributed by atoms with Crippen LogP contribution in [0.4, 0.5) is 5.69 Å². The molecule has 0 radical (unpaired) electrons. The normalized spacial score (nSPS) is 18.9. The van der Waals surface area contributed by atoms with Gasteiger partial charge in [-0.3, -0.25) is 4.79 Å². The number of anilines is 1. The van der Waals surface area contributed by atoms with Gasteiger partial charge in [0.1, 0.15) is 0 Å². The number of aromatic carboxylic acids is 1. The van der Waals surface area contributed by atoms with Crippen LogP contribution in [0.5, 0.6) is 0 Å². The summed E-state index contributed by atoms with van der Waals surface area (Å²) < 4.78 is 0. The Labute approximate surface area is 112 Å². The standard InChI is InChI=1S/C14H18N2O3/c1-9-4-5-11(7-12(9)14(18)19)16-13(17)10-3-2-6-15-8-10/h4-5,7,10,15H,2-3,6,8H2,1H3,(H,16,17)(H,18,19)/t10-/m1/s1. The van der Waals surface area contributed by atoms with E-state index >= 15 is 0 Å². The van der Waals surface area contributed by atoms with Crippen molar-refractivity contribution in [3.63, 3.8) is 0 Å². The van der Waals surface area contributed by atoms with Crippen molar-refractivity contribution in [1.29, 1.82) is 0 Å². The molecular formula is C14H18N2O3. The zero-order chi connectivity index (χ0) is 13.8. The van der Waals surface area contributed by atoms with Crippen molar-refractivity contribution in [1.82, 2.24) is 5.32 Å². The van der Waals surface area contributed by atoms with Gasteiger partial charge >= 0.3 is 5.97 Å². The van der Waals surface area contributed by atoms with Gasteiger partial charge < -0.3 is 15.7 Å². The molecular weight excluding hydrogens is 244 g/mol. The van der Waals surface area contributed by atoms with Crippen molar-refractivity contribution < 1.29 is 14.7 Å². The number of hydrogen-bond donors (Lipinski definition) is 3. The van der Waals surface area contributed by atoms with Gasteiger partial charge in [-0.25, -0.2) is 4.79 Å². The number of piperidine rings is 1. The van der Waals surface area contributed by atoms with E-state index in [9.17, 15) is 9.59 Å². The summed E-state index contributed by atoms with van der Waals surface area (Å²) in [4.78, 5) is 23.1. The molecule has 0 aliphatic carbocycles. The molecule has 1 aromatic rings. The minimum absolute atomic E-state index is 0.0386. The van der Waals surface area contributed by atoms with E-state index in [-0.39, 0.29) is 17.4 Å². The maximum absolute atomic E-state index is 12.0. The summed E-state index contributed by atoms with van der Waals surface area (Å²) in [6.07, 6.45) is 1.86. The van der Waals surface area contributed by atoms with Crippen LogP contribution in [0.3, 0.4) is 0 Å². The predicted octanol–water partition coefficient (Wildman–Crippen LogP) is 1.63. The van der Waals surface area contributed by atoms with Crippen LogP contribution in [0.25, 0.3) is 0 Å². The fourth-order valence-corrected chi connectivity index (χ4v) is 2.25. The van der Waals surface area contributed by atoms with Crippen LogP contribution in [0.15, 0.2) is 18.2 Å². The SMILES string of the molecule is Cc1ccc(NC(=O)[C@@H]2CCCNC2)cc1C(=O)O. The van der Waals surface area contributed by atoms with Crippen molar-refractivity contribution in [3.8, 4) is 0 Å². The van der Waals surface area contributed by atoms with Crippen molar-refractivity contribution in [2.45, 2.75) is 19.8 Å². The zero-order valence-corrected chi connectivity index (χ0v) is 10.9. The lowest BCUT2D eigenvalue weighted by molar-refractivity contribution is -0.120. The minimum atomic E-state index is -0.979. The summed E-state index contributed by atoms with van der Waals surface area (Å²) in [6, 6.07) is 4.94. The first kappa shape index (κ1) is 13.5. The van der Waals surface area contributed by atoms with Gasteiger partial charge in [-0.15, -0.1) is 0 Å². The van der Waals surface area contributed by atoms with Crippen molar-refractivity contribution in [2.24, 2.45) is 5.92 Å². The molecule has 1 aliphatic rings. The molecule has 1 aliphatic heterocycles. The van der Waals surface area contributed by atoms with Crippen molar-refractivity contribution in [3.05, 3.63) is 29.3 Å². The highest BCUT2D eigenvalue weighted by atomic mass is 16.4. The number of benzene rings is 1. The number of amides is 1. The molecule has 1 atom stereocenters. The van der Waals surface area contributed by atoms with E-state index in [4.69, 9.17) is 5.11 Å². The van der Waals surface area contributed by atoms with E-state index in [0.29, 0.717) is 17.8 Å². The molecule has 0 bridgehead atoms. The number of hydrogen-bond acceptors (Lipinski definition) is 3. The Morgan fingerprint density at radius 2 is 2.21 bits per heavy atom. The van der Waals surface area contributed by atoms with E-state index in [2.05, 4.69) is 10.6 Å². The fraction of sp³-hybridized carbons (Fsp3) is 0.429. The number of aryl methyl sites for hydroxylation is 1. The molecule has 1 fully saturated rings. The third kappa shape index (κ3) is 3.32. The highest BCUT2D eigenvalue weighted by molar-refractivity contribution is 5.95. The predicted molar refractivity (Wildman–Crippen MR) is 72.4 cm³/mol. The molecule has 1 aromatic carbocycles. The van der Waals surface area contributed by atoms with E-state index in [1.165, 1.54) is 6.07 Å². The molecule has 1 saturated heterocycles. The van der Waals surface area contributed by atoms with Crippen LogP contribution in [0.1, 0.15) is 28.8 Å². The lowest BCUT2D eigenvalue weighted by Crippen LogP contribution is -2.37. The topological polar surface area (TPSA) is 78.4 Å². The van der Waals surface area contributed by atoms with E-state index in [1.54, 1.807) is 19.1 Å². The summed E-state index contributed by atoms with van der Waals surface area (Å²) in [5, 5.41) is 15.0. The Hall–Kier alpha value is -1.88. The lowest BCUT2D eigenvalue weighted by atomic mass is 9.98. The van der Waals surface area contributed by atoms with Gasteiger partial charge in [0, 0.05) is 12.2 Å². The van der Waals surface area contributed by atoms with Crippen molar-refractivity contribution >= 4 is 17.6 Å². The second-order valence-electron chi connectivity index (χ2n) is 4.87. The molecule has 0 saturated carbocycles. The van der Waals surface area contributed by atoms with Gasteiger partial charge in [0.25, 0.3) is 0 Å². The number of nitrogens with one attached hydrogen (secondary N) is 2. The first-order valence-corrected chi connectivity index (χ1v) is 6.43. The average molecular weight is 262 g/mol. The number of carboxylic acid groups (broad SMARTS) is 1. The molecule has 2 rings (SSSR count). The van der Waals surface area contributed by atoms with Crippen LogP contribution < -0.4 is 10.6 Å². The van der Waals surface area contributed by atoms with Gasteiger partial charge in [-0.2, -0.15) is 0 Å². The first-order chi connectivity index (χ1) is 9.08. The van der Waals surface area contributed by atoms with E-state index in [1.807, 2.05) is 0 Å². The molecule has 5 nitrogen and oxygen atoms in total. The molecule has 19 heavy (non-hydrogen) atoms. The maximum atomic E-state index is 12.0. The van der Waals surface area contributed by atoms with Gasteiger partial charge in [0.05, 0.1) is 11.5 Å². The number of rotatable bonds is 3. The largest absolute Gasteiger partial charge is 0.478 e. The number of carbonyl (C=O) groups is 2. The van der Waals surface area contributed by atoms with Gasteiger partial charge in [0.2, 0.25) is 5.91 Å². The lowest BCUT2D eigenvalue weighted by Gasteiger charge is -2.22. The molecule has 1 amide bonds. The molecule has 0 aromatic heterocycles. The highest BCUT2D eigenvalue weighted by Gasteiger charge is 2.21. The van der Waals surface area contributed by atoms with E-state index in [0.717, 1.165) is 19.4 Å². The van der Waals surface area contributed by atoms with E-state index < -0.39 is 5.97 Å². The quantitative estimate of drug-likeness (QED) is 0.773. The second kappa shape index (κ2) is 5.84. The Balaban J connectivity index is 2.08. The van der Waals surface area contributed by atoms with Crippen molar-refractivity contribution in [2.75, 3.05) is 18.4 Å². The minimum Gasteiger partial charge on any atom is -0.478 e. The van der Waals surface area contributed by atoms with Crippen LogP contribution in [0, 0.1) is 12.8 Å². The summed E-state index contributed by atoms with van der Waals surface area (Å²) in [6.45, 7) is 3.38. The molecule has 0 unspecified atom stereocenters. The molecule has 1 heterocycles. The molecule has 5 heteroatoms. The zero-order valence-electron chi connectivity index (χ0n) is 10.9.